The van der Waals surface area contributed by atoms with Gasteiger partial charge in [0, 0.05) is 25.0 Å². The minimum atomic E-state index is -0.477. The molecule has 0 saturated heterocycles. The first-order valence-electron chi connectivity index (χ1n) is 6.29. The molecule has 1 aromatic rings. The third-order valence-electron chi connectivity index (χ3n) is 2.65. The van der Waals surface area contributed by atoms with E-state index in [2.05, 4.69) is 20.9 Å². The Bertz CT molecular complexity index is 422. The Morgan fingerprint density at radius 3 is 2.68 bits per heavy atom. The van der Waals surface area contributed by atoms with Crippen molar-refractivity contribution in [2.75, 3.05) is 6.54 Å². The van der Waals surface area contributed by atoms with Crippen molar-refractivity contribution in [3.8, 4) is 0 Å². The molecule has 0 radical (unpaired) electrons. The Kier molecular flexibility index (Phi) is 5.95. The zero-order chi connectivity index (χ0) is 14.3. The molecule has 1 rings (SSSR count). The maximum Gasteiger partial charge on any atom is 0.321 e. The number of pyridine rings is 1. The van der Waals surface area contributed by atoms with Crippen LogP contribution in [-0.2, 0) is 4.79 Å². The highest BCUT2D eigenvalue weighted by atomic mass is 16.2. The molecule has 0 aliphatic heterocycles. The van der Waals surface area contributed by atoms with Crippen LogP contribution in [0.2, 0.25) is 0 Å². The van der Waals surface area contributed by atoms with Crippen molar-refractivity contribution in [2.24, 2.45) is 0 Å². The number of hydrogen-bond donors (Lipinski definition) is 3. The number of hydrogen-bond acceptors (Lipinski definition) is 4. The summed E-state index contributed by atoms with van der Waals surface area (Å²) >= 11 is 0. The number of aromatic nitrogens is 1. The molecule has 0 spiro atoms. The van der Waals surface area contributed by atoms with Gasteiger partial charge < -0.3 is 5.32 Å². The smallest absolute Gasteiger partial charge is 0.321 e. The third kappa shape index (κ3) is 5.05. The highest BCUT2D eigenvalue weighted by molar-refractivity contribution is 5.96. The lowest BCUT2D eigenvalue weighted by atomic mass is 10.1. The molecule has 0 fully saturated rings. The molecule has 6 heteroatoms. The number of carbonyl (C=O) groups is 2. The number of amides is 3. The zero-order valence-electron chi connectivity index (χ0n) is 11.4. The Morgan fingerprint density at radius 1 is 1.37 bits per heavy atom. The average Bonchev–Trinajstić information content (AvgIpc) is 2.39. The zero-order valence-corrected chi connectivity index (χ0v) is 11.4. The number of urea groups is 1. The van der Waals surface area contributed by atoms with Crippen molar-refractivity contribution < 1.29 is 9.59 Å². The van der Waals surface area contributed by atoms with E-state index in [0.29, 0.717) is 6.54 Å². The van der Waals surface area contributed by atoms with Gasteiger partial charge in [0.25, 0.3) is 0 Å². The van der Waals surface area contributed by atoms with Crippen molar-refractivity contribution in [3.05, 3.63) is 30.1 Å². The van der Waals surface area contributed by atoms with Crippen molar-refractivity contribution in [2.45, 2.75) is 32.9 Å². The minimum Gasteiger partial charge on any atom is -0.338 e. The highest BCUT2D eigenvalue weighted by Gasteiger charge is 2.17. The molecule has 1 unspecified atom stereocenters. The van der Waals surface area contributed by atoms with Gasteiger partial charge in [-0.05, 0) is 32.4 Å². The summed E-state index contributed by atoms with van der Waals surface area (Å²) in [7, 11) is 0. The van der Waals surface area contributed by atoms with Crippen LogP contribution in [0.5, 0.6) is 0 Å². The van der Waals surface area contributed by atoms with Gasteiger partial charge in [-0.15, -0.1) is 0 Å². The lowest BCUT2D eigenvalue weighted by molar-refractivity contribution is -0.121. The molecule has 104 valence electrons. The van der Waals surface area contributed by atoms with E-state index in [1.54, 1.807) is 26.2 Å². The second-order valence-corrected chi connectivity index (χ2v) is 4.25. The average molecular weight is 264 g/mol. The van der Waals surface area contributed by atoms with Crippen LogP contribution in [0.25, 0.3) is 0 Å². The van der Waals surface area contributed by atoms with E-state index in [1.807, 2.05) is 19.1 Å². The first kappa shape index (κ1) is 15.1. The van der Waals surface area contributed by atoms with Crippen LogP contribution < -0.4 is 16.0 Å². The van der Waals surface area contributed by atoms with Crippen molar-refractivity contribution in [1.29, 1.82) is 0 Å². The molecule has 6 nitrogen and oxygen atoms in total. The van der Waals surface area contributed by atoms with E-state index in [1.165, 1.54) is 0 Å². The SMILES string of the molecule is CCNC(=O)NC(=O)C(C)N[C@@H](C)c1cccnc1. The van der Waals surface area contributed by atoms with Gasteiger partial charge in [-0.25, -0.2) is 4.79 Å². The van der Waals surface area contributed by atoms with Gasteiger partial charge >= 0.3 is 6.03 Å². The van der Waals surface area contributed by atoms with E-state index < -0.39 is 12.1 Å². The fourth-order valence-corrected chi connectivity index (χ4v) is 1.60. The molecule has 3 amide bonds. The molecular formula is C13H20N4O2. The summed E-state index contributed by atoms with van der Waals surface area (Å²) in [5.74, 6) is -0.360. The molecule has 0 aliphatic carbocycles. The van der Waals surface area contributed by atoms with E-state index in [4.69, 9.17) is 0 Å². The maximum absolute atomic E-state index is 11.7. The summed E-state index contributed by atoms with van der Waals surface area (Å²) < 4.78 is 0. The van der Waals surface area contributed by atoms with E-state index in [0.717, 1.165) is 5.56 Å². The molecule has 19 heavy (non-hydrogen) atoms. The summed E-state index contributed by atoms with van der Waals surface area (Å²) in [5.41, 5.74) is 0.986. The van der Waals surface area contributed by atoms with E-state index in [-0.39, 0.29) is 11.9 Å². The predicted octanol–water partition coefficient (Wildman–Crippen LogP) is 0.966. The normalized spacial score (nSPS) is 13.4. The van der Waals surface area contributed by atoms with Gasteiger partial charge in [-0.1, -0.05) is 6.07 Å². The van der Waals surface area contributed by atoms with Crippen LogP contribution >= 0.6 is 0 Å². The topological polar surface area (TPSA) is 83.1 Å². The first-order chi connectivity index (χ1) is 9.04. The largest absolute Gasteiger partial charge is 0.338 e. The monoisotopic (exact) mass is 264 g/mol. The van der Waals surface area contributed by atoms with Crippen molar-refractivity contribution in [3.63, 3.8) is 0 Å². The van der Waals surface area contributed by atoms with Gasteiger partial charge in [-0.3, -0.25) is 20.4 Å². The van der Waals surface area contributed by atoms with Crippen LogP contribution in [0.3, 0.4) is 0 Å². The lowest BCUT2D eigenvalue weighted by Gasteiger charge is -2.19. The van der Waals surface area contributed by atoms with E-state index in [9.17, 15) is 9.59 Å². The van der Waals surface area contributed by atoms with E-state index >= 15 is 0 Å². The summed E-state index contributed by atoms with van der Waals surface area (Å²) in [6, 6.07) is 2.79. The second-order valence-electron chi connectivity index (χ2n) is 4.25. The maximum atomic E-state index is 11.7. The Morgan fingerprint density at radius 2 is 2.11 bits per heavy atom. The summed E-state index contributed by atoms with van der Waals surface area (Å²) in [6.07, 6.45) is 3.44. The highest BCUT2D eigenvalue weighted by Crippen LogP contribution is 2.10. The molecule has 0 aliphatic rings. The number of carbonyl (C=O) groups excluding carboxylic acids is 2. The Labute approximate surface area is 113 Å². The number of imide groups is 1. The second kappa shape index (κ2) is 7.48. The van der Waals surface area contributed by atoms with Gasteiger partial charge in [0.15, 0.2) is 0 Å². The van der Waals surface area contributed by atoms with Crippen molar-refractivity contribution >= 4 is 11.9 Å². The summed E-state index contributed by atoms with van der Waals surface area (Å²) in [4.78, 5) is 27.0. The third-order valence-corrected chi connectivity index (χ3v) is 2.65. The van der Waals surface area contributed by atoms with Gasteiger partial charge in [0.2, 0.25) is 5.91 Å². The van der Waals surface area contributed by atoms with Crippen LogP contribution in [-0.4, -0.2) is 29.5 Å². The van der Waals surface area contributed by atoms with Gasteiger partial charge in [0.05, 0.1) is 6.04 Å². The first-order valence-corrected chi connectivity index (χ1v) is 6.29. The molecule has 2 atom stereocenters. The molecule has 3 N–H and O–H groups in total. The summed E-state index contributed by atoms with van der Waals surface area (Å²) in [5, 5.41) is 7.89. The van der Waals surface area contributed by atoms with Crippen LogP contribution in [0.4, 0.5) is 4.79 Å². The standard InChI is InChI=1S/C13H20N4O2/c1-4-15-13(19)17-12(18)10(3)16-9(2)11-6-5-7-14-8-11/h5-10,16H,4H2,1-3H3,(H2,15,17,18,19)/t9-,10?/m0/s1. The Hall–Kier alpha value is -1.95. The van der Waals surface area contributed by atoms with Crippen LogP contribution in [0.15, 0.2) is 24.5 Å². The number of nitrogens with one attached hydrogen (secondary N) is 3. The van der Waals surface area contributed by atoms with Crippen LogP contribution in [0, 0.1) is 0 Å². The van der Waals surface area contributed by atoms with Gasteiger partial charge in [-0.2, -0.15) is 0 Å². The van der Waals surface area contributed by atoms with Gasteiger partial charge in [0.1, 0.15) is 0 Å². The Balaban J connectivity index is 2.48. The fourth-order valence-electron chi connectivity index (χ4n) is 1.60. The predicted molar refractivity (Wildman–Crippen MR) is 72.5 cm³/mol. The quantitative estimate of drug-likeness (QED) is 0.740. The molecular weight excluding hydrogens is 244 g/mol. The molecule has 1 aromatic heterocycles. The molecule has 0 bridgehead atoms. The van der Waals surface area contributed by atoms with Crippen LogP contribution in [0.1, 0.15) is 32.4 Å². The molecule has 1 heterocycles. The fraction of sp³-hybridized carbons (Fsp3) is 0.462. The van der Waals surface area contributed by atoms with Crippen molar-refractivity contribution in [1.82, 2.24) is 20.9 Å². The molecule has 0 saturated carbocycles. The lowest BCUT2D eigenvalue weighted by Crippen LogP contribution is -2.48. The number of nitrogens with zero attached hydrogens (tertiary/aromatic N) is 1. The minimum absolute atomic E-state index is 0.0244. The number of rotatable bonds is 5. The molecule has 0 aromatic carbocycles. The summed E-state index contributed by atoms with van der Waals surface area (Å²) in [6.45, 7) is 5.91.